The van der Waals surface area contributed by atoms with E-state index in [2.05, 4.69) is 0 Å². The van der Waals surface area contributed by atoms with E-state index in [-0.39, 0.29) is 4.90 Å². The van der Waals surface area contributed by atoms with E-state index in [0.717, 1.165) is 4.31 Å². The predicted molar refractivity (Wildman–Crippen MR) is 75.2 cm³/mol. The van der Waals surface area contributed by atoms with Gasteiger partial charge in [0.25, 0.3) is 0 Å². The van der Waals surface area contributed by atoms with Crippen LogP contribution in [0.15, 0.2) is 23.1 Å². The number of hydrogen-bond acceptors (Lipinski definition) is 5. The zero-order valence-electron chi connectivity index (χ0n) is 11.3. The Kier molecular flexibility index (Phi) is 4.75. The summed E-state index contributed by atoms with van der Waals surface area (Å²) < 4.78 is 25.2. The second kappa shape index (κ2) is 5.91. The number of nitrogens with zero attached hydrogens (tertiary/aromatic N) is 3. The molecule has 2 N–H and O–H groups in total. The first kappa shape index (κ1) is 15.3. The van der Waals surface area contributed by atoms with Gasteiger partial charge in [0.1, 0.15) is 0 Å². The van der Waals surface area contributed by atoms with E-state index >= 15 is 0 Å². The highest BCUT2D eigenvalue weighted by Gasteiger charge is 2.19. The second-order valence-corrected chi connectivity index (χ2v) is 6.49. The van der Waals surface area contributed by atoms with Gasteiger partial charge in [0, 0.05) is 27.7 Å². The molecule has 104 valence electrons. The number of hydrogen-bond donors (Lipinski definition) is 1. The minimum atomic E-state index is -3.48. The Bertz CT molecular complexity index is 590. The van der Waals surface area contributed by atoms with Gasteiger partial charge in [-0.1, -0.05) is 0 Å². The van der Waals surface area contributed by atoms with Crippen LogP contribution in [0.5, 0.6) is 0 Å². The van der Waals surface area contributed by atoms with Gasteiger partial charge in [0.05, 0.1) is 28.8 Å². The highest BCUT2D eigenvalue weighted by molar-refractivity contribution is 7.89. The molecule has 0 heterocycles. The van der Waals surface area contributed by atoms with Crippen molar-refractivity contribution in [2.75, 3.05) is 38.3 Å². The lowest BCUT2D eigenvalue weighted by atomic mass is 10.2. The highest BCUT2D eigenvalue weighted by atomic mass is 32.2. The molecule has 7 heteroatoms. The molecular formula is C12H18N4O2S. The summed E-state index contributed by atoms with van der Waals surface area (Å²) in [4.78, 5) is 1.96. The first-order valence-electron chi connectivity index (χ1n) is 5.71. The zero-order valence-corrected chi connectivity index (χ0v) is 12.1. The topological polar surface area (TPSA) is 90.4 Å². The van der Waals surface area contributed by atoms with Gasteiger partial charge in [0.2, 0.25) is 10.0 Å². The molecule has 0 atom stereocenters. The number of nitrogens with two attached hydrogens (primary N) is 1. The molecular weight excluding hydrogens is 264 g/mol. The average molecular weight is 282 g/mol. The van der Waals surface area contributed by atoms with Crippen LogP contribution >= 0.6 is 0 Å². The van der Waals surface area contributed by atoms with Crippen LogP contribution in [0.1, 0.15) is 6.42 Å². The van der Waals surface area contributed by atoms with E-state index in [1.54, 1.807) is 18.0 Å². The van der Waals surface area contributed by atoms with Crippen molar-refractivity contribution in [2.45, 2.75) is 11.3 Å². The van der Waals surface area contributed by atoms with Gasteiger partial charge in [-0.15, -0.1) is 0 Å². The van der Waals surface area contributed by atoms with Crippen molar-refractivity contribution >= 4 is 21.4 Å². The molecule has 0 radical (unpaired) electrons. The average Bonchev–Trinajstić information content (AvgIpc) is 2.36. The van der Waals surface area contributed by atoms with Crippen molar-refractivity contribution in [1.82, 2.24) is 4.31 Å². The standard InChI is InChI=1S/C12H18N4O2S/c1-15(2)19(17,18)10-5-6-11(14)12(9-10)16(3)8-4-7-13/h5-6,9H,4,8,14H2,1-3H3. The van der Waals surface area contributed by atoms with Gasteiger partial charge in [-0.3, -0.25) is 0 Å². The quantitative estimate of drug-likeness (QED) is 0.809. The van der Waals surface area contributed by atoms with Crippen molar-refractivity contribution in [3.63, 3.8) is 0 Å². The summed E-state index contributed by atoms with van der Waals surface area (Å²) in [5.74, 6) is 0. The maximum Gasteiger partial charge on any atom is 0.242 e. The van der Waals surface area contributed by atoms with Crippen molar-refractivity contribution in [3.8, 4) is 6.07 Å². The largest absolute Gasteiger partial charge is 0.397 e. The first-order chi connectivity index (χ1) is 8.80. The van der Waals surface area contributed by atoms with Crippen LogP contribution in [0.4, 0.5) is 11.4 Å². The molecule has 0 aliphatic rings. The van der Waals surface area contributed by atoms with Crippen LogP contribution in [0, 0.1) is 11.3 Å². The highest BCUT2D eigenvalue weighted by Crippen LogP contribution is 2.26. The summed E-state index contributed by atoms with van der Waals surface area (Å²) >= 11 is 0. The zero-order chi connectivity index (χ0) is 14.6. The Morgan fingerprint density at radius 1 is 1.32 bits per heavy atom. The molecule has 0 aliphatic carbocycles. The monoisotopic (exact) mass is 282 g/mol. The first-order valence-corrected chi connectivity index (χ1v) is 7.15. The molecule has 1 aromatic carbocycles. The van der Waals surface area contributed by atoms with E-state index in [1.165, 1.54) is 26.2 Å². The molecule has 0 saturated heterocycles. The van der Waals surface area contributed by atoms with Gasteiger partial charge >= 0.3 is 0 Å². The fraction of sp³-hybridized carbons (Fsp3) is 0.417. The van der Waals surface area contributed by atoms with Crippen molar-refractivity contribution in [2.24, 2.45) is 0 Å². The molecule has 0 saturated carbocycles. The van der Waals surface area contributed by atoms with E-state index < -0.39 is 10.0 Å². The molecule has 19 heavy (non-hydrogen) atoms. The Morgan fingerprint density at radius 2 is 1.95 bits per heavy atom. The lowest BCUT2D eigenvalue weighted by molar-refractivity contribution is 0.521. The minimum Gasteiger partial charge on any atom is -0.397 e. The third-order valence-electron chi connectivity index (χ3n) is 2.75. The molecule has 1 aromatic rings. The van der Waals surface area contributed by atoms with Crippen molar-refractivity contribution in [3.05, 3.63) is 18.2 Å². The van der Waals surface area contributed by atoms with Crippen molar-refractivity contribution < 1.29 is 8.42 Å². The molecule has 6 nitrogen and oxygen atoms in total. The smallest absolute Gasteiger partial charge is 0.242 e. The van der Waals surface area contributed by atoms with E-state index in [9.17, 15) is 8.42 Å². The molecule has 1 rings (SSSR count). The minimum absolute atomic E-state index is 0.186. The molecule has 0 spiro atoms. The molecule has 0 bridgehead atoms. The maximum atomic E-state index is 12.0. The van der Waals surface area contributed by atoms with Crippen LogP contribution < -0.4 is 10.6 Å². The van der Waals surface area contributed by atoms with E-state index in [4.69, 9.17) is 11.0 Å². The number of nitriles is 1. The molecule has 0 unspecified atom stereocenters. The number of sulfonamides is 1. The lowest BCUT2D eigenvalue weighted by Gasteiger charge is -2.21. The van der Waals surface area contributed by atoms with Gasteiger partial charge in [-0.05, 0) is 18.2 Å². The summed E-state index contributed by atoms with van der Waals surface area (Å²) in [6.07, 6.45) is 0.348. The van der Waals surface area contributed by atoms with E-state index in [0.29, 0.717) is 24.3 Å². The Labute approximate surface area is 114 Å². The number of anilines is 2. The molecule has 0 aromatic heterocycles. The molecule has 0 aliphatic heterocycles. The van der Waals surface area contributed by atoms with Gasteiger partial charge in [-0.2, -0.15) is 5.26 Å². The molecule has 0 amide bonds. The number of nitrogen functional groups attached to an aromatic ring is 1. The van der Waals surface area contributed by atoms with Crippen LogP contribution in [-0.4, -0.2) is 40.4 Å². The maximum absolute atomic E-state index is 12.0. The Hall–Kier alpha value is -1.78. The Morgan fingerprint density at radius 3 is 2.47 bits per heavy atom. The SMILES string of the molecule is CN(CCC#N)c1cc(S(=O)(=O)N(C)C)ccc1N. The predicted octanol–water partition coefficient (Wildman–Crippen LogP) is 0.869. The van der Waals surface area contributed by atoms with Crippen LogP contribution in [0.2, 0.25) is 0 Å². The Balaban J connectivity index is 3.19. The normalized spacial score (nSPS) is 11.3. The third kappa shape index (κ3) is 3.36. The van der Waals surface area contributed by atoms with Gasteiger partial charge in [0.15, 0.2) is 0 Å². The van der Waals surface area contributed by atoms with Gasteiger partial charge < -0.3 is 10.6 Å². The summed E-state index contributed by atoms with van der Waals surface area (Å²) in [5.41, 5.74) is 6.94. The second-order valence-electron chi connectivity index (χ2n) is 4.34. The summed E-state index contributed by atoms with van der Waals surface area (Å²) in [6, 6.07) is 6.61. The van der Waals surface area contributed by atoms with Gasteiger partial charge in [-0.25, -0.2) is 12.7 Å². The number of rotatable bonds is 5. The van der Waals surface area contributed by atoms with Crippen molar-refractivity contribution in [1.29, 1.82) is 5.26 Å². The van der Waals surface area contributed by atoms with Crippen LogP contribution in [-0.2, 0) is 10.0 Å². The summed E-state index contributed by atoms with van der Waals surface area (Å²) in [5, 5.41) is 8.58. The third-order valence-corrected chi connectivity index (χ3v) is 4.56. The summed E-state index contributed by atoms with van der Waals surface area (Å²) in [6.45, 7) is 0.492. The summed E-state index contributed by atoms with van der Waals surface area (Å²) in [7, 11) is 1.24. The fourth-order valence-electron chi connectivity index (χ4n) is 1.56. The lowest BCUT2D eigenvalue weighted by Crippen LogP contribution is -2.24. The molecule has 0 fully saturated rings. The van der Waals surface area contributed by atoms with E-state index in [1.807, 2.05) is 6.07 Å². The van der Waals surface area contributed by atoms with Crippen LogP contribution in [0.3, 0.4) is 0 Å². The fourth-order valence-corrected chi connectivity index (χ4v) is 2.49. The van der Waals surface area contributed by atoms with Crippen LogP contribution in [0.25, 0.3) is 0 Å². The number of benzene rings is 1.